The highest BCUT2D eigenvalue weighted by molar-refractivity contribution is 7.92. The quantitative estimate of drug-likeness (QED) is 0.559. The van der Waals surface area contributed by atoms with Crippen LogP contribution in [0.2, 0.25) is 0 Å². The summed E-state index contributed by atoms with van der Waals surface area (Å²) in [7, 11) is -3.32. The van der Waals surface area contributed by atoms with Crippen LogP contribution in [0, 0.1) is 6.92 Å². The van der Waals surface area contributed by atoms with E-state index in [1.807, 2.05) is 49.5 Å². The second-order valence-electron chi connectivity index (χ2n) is 8.45. The number of anilines is 1. The van der Waals surface area contributed by atoms with E-state index in [2.05, 4.69) is 45.5 Å². The SMILES string of the molecule is C=C(c1ccc(C)c(NS(C)(=O)=O)c1)N1CCC(c2ccc(-c3ccccn3)cc2)CC1. The lowest BCUT2D eigenvalue weighted by Gasteiger charge is -2.35. The van der Waals surface area contributed by atoms with Crippen LogP contribution in [0.1, 0.15) is 35.4 Å². The number of nitrogens with zero attached hydrogens (tertiary/aromatic N) is 2. The van der Waals surface area contributed by atoms with Gasteiger partial charge in [0.25, 0.3) is 0 Å². The van der Waals surface area contributed by atoms with Crippen molar-refractivity contribution in [3.63, 3.8) is 0 Å². The minimum atomic E-state index is -3.32. The van der Waals surface area contributed by atoms with Crippen LogP contribution in [0.5, 0.6) is 0 Å². The van der Waals surface area contributed by atoms with Crippen molar-refractivity contribution in [2.24, 2.45) is 0 Å². The van der Waals surface area contributed by atoms with Gasteiger partial charge in [0.05, 0.1) is 17.6 Å². The molecule has 1 N–H and O–H groups in total. The highest BCUT2D eigenvalue weighted by atomic mass is 32.2. The lowest BCUT2D eigenvalue weighted by Crippen LogP contribution is -2.31. The van der Waals surface area contributed by atoms with E-state index in [0.717, 1.165) is 54.0 Å². The van der Waals surface area contributed by atoms with Crippen molar-refractivity contribution < 1.29 is 8.42 Å². The van der Waals surface area contributed by atoms with Gasteiger partial charge in [0.1, 0.15) is 0 Å². The minimum absolute atomic E-state index is 0.525. The Morgan fingerprint density at radius 3 is 2.41 bits per heavy atom. The lowest BCUT2D eigenvalue weighted by atomic mass is 9.88. The van der Waals surface area contributed by atoms with Crippen LogP contribution >= 0.6 is 0 Å². The fourth-order valence-corrected chi connectivity index (χ4v) is 4.86. The van der Waals surface area contributed by atoms with Crippen molar-refractivity contribution in [3.8, 4) is 11.3 Å². The molecular weight excluding hydrogens is 418 g/mol. The Hall–Kier alpha value is -3.12. The second-order valence-corrected chi connectivity index (χ2v) is 10.2. The van der Waals surface area contributed by atoms with Gasteiger partial charge in [-0.25, -0.2) is 8.42 Å². The summed E-state index contributed by atoms with van der Waals surface area (Å²) in [6.07, 6.45) is 5.10. The molecule has 0 atom stereocenters. The van der Waals surface area contributed by atoms with Crippen molar-refractivity contribution in [2.75, 3.05) is 24.1 Å². The fraction of sp³-hybridized carbons (Fsp3) is 0.269. The minimum Gasteiger partial charge on any atom is -0.371 e. The molecule has 2 aromatic carbocycles. The summed E-state index contributed by atoms with van der Waals surface area (Å²) in [6, 6.07) is 20.5. The number of benzene rings is 2. The summed E-state index contributed by atoms with van der Waals surface area (Å²) in [5.41, 5.74) is 6.87. The summed E-state index contributed by atoms with van der Waals surface area (Å²) in [5.74, 6) is 0.525. The van der Waals surface area contributed by atoms with Crippen LogP contribution in [-0.2, 0) is 10.0 Å². The first-order valence-corrected chi connectivity index (χ1v) is 12.7. The summed E-state index contributed by atoms with van der Waals surface area (Å²) >= 11 is 0. The molecule has 1 saturated heterocycles. The molecule has 1 aromatic heterocycles. The molecular formula is C26H29N3O2S. The van der Waals surface area contributed by atoms with Crippen molar-refractivity contribution in [2.45, 2.75) is 25.7 Å². The number of piperidine rings is 1. The number of pyridine rings is 1. The normalized spacial score (nSPS) is 14.9. The van der Waals surface area contributed by atoms with E-state index in [-0.39, 0.29) is 0 Å². The molecule has 1 aliphatic heterocycles. The largest absolute Gasteiger partial charge is 0.371 e. The molecule has 0 radical (unpaired) electrons. The molecule has 1 aliphatic rings. The fourth-order valence-electron chi connectivity index (χ4n) is 4.24. The van der Waals surface area contributed by atoms with Crippen LogP contribution in [0.15, 0.2) is 73.4 Å². The first-order chi connectivity index (χ1) is 15.3. The Kier molecular flexibility index (Phi) is 6.33. The number of sulfonamides is 1. The monoisotopic (exact) mass is 447 g/mol. The topological polar surface area (TPSA) is 62.3 Å². The van der Waals surface area contributed by atoms with Crippen LogP contribution in [-0.4, -0.2) is 37.6 Å². The van der Waals surface area contributed by atoms with E-state index in [1.165, 1.54) is 11.8 Å². The van der Waals surface area contributed by atoms with Gasteiger partial charge in [0, 0.05) is 30.5 Å². The maximum atomic E-state index is 11.7. The maximum absolute atomic E-state index is 11.7. The molecule has 5 nitrogen and oxygen atoms in total. The Morgan fingerprint density at radius 1 is 1.06 bits per heavy atom. The van der Waals surface area contributed by atoms with Crippen molar-refractivity contribution in [3.05, 3.63) is 90.1 Å². The van der Waals surface area contributed by atoms with Gasteiger partial charge in [-0.15, -0.1) is 0 Å². The highest BCUT2D eigenvalue weighted by Crippen LogP contribution is 2.33. The van der Waals surface area contributed by atoms with Gasteiger partial charge >= 0.3 is 0 Å². The summed E-state index contributed by atoms with van der Waals surface area (Å²) in [5, 5.41) is 0. The average molecular weight is 448 g/mol. The van der Waals surface area contributed by atoms with Gasteiger partial charge in [-0.3, -0.25) is 9.71 Å². The third-order valence-corrected chi connectivity index (χ3v) is 6.68. The first kappa shape index (κ1) is 22.1. The molecule has 0 unspecified atom stereocenters. The van der Waals surface area contributed by atoms with E-state index >= 15 is 0 Å². The molecule has 0 saturated carbocycles. The van der Waals surface area contributed by atoms with Crippen LogP contribution in [0.25, 0.3) is 17.0 Å². The molecule has 166 valence electrons. The number of hydrogen-bond donors (Lipinski definition) is 1. The first-order valence-electron chi connectivity index (χ1n) is 10.8. The molecule has 0 bridgehead atoms. The molecule has 0 amide bonds. The third-order valence-electron chi connectivity index (χ3n) is 6.09. The maximum Gasteiger partial charge on any atom is 0.229 e. The summed E-state index contributed by atoms with van der Waals surface area (Å²) in [6.45, 7) is 8.04. The molecule has 0 spiro atoms. The third kappa shape index (κ3) is 5.19. The summed E-state index contributed by atoms with van der Waals surface area (Å²) in [4.78, 5) is 6.73. The molecule has 3 aromatic rings. The molecule has 1 fully saturated rings. The van der Waals surface area contributed by atoms with Crippen molar-refractivity contribution >= 4 is 21.4 Å². The van der Waals surface area contributed by atoms with Gasteiger partial charge < -0.3 is 4.90 Å². The number of nitrogens with one attached hydrogen (secondary N) is 1. The number of rotatable bonds is 6. The smallest absolute Gasteiger partial charge is 0.229 e. The Morgan fingerprint density at radius 2 is 1.78 bits per heavy atom. The van der Waals surface area contributed by atoms with Crippen LogP contribution in [0.3, 0.4) is 0 Å². The zero-order valence-corrected chi connectivity index (χ0v) is 19.4. The second kappa shape index (κ2) is 9.17. The lowest BCUT2D eigenvalue weighted by molar-refractivity contribution is 0.299. The van der Waals surface area contributed by atoms with E-state index in [4.69, 9.17) is 0 Å². The van der Waals surface area contributed by atoms with E-state index in [9.17, 15) is 8.42 Å². The van der Waals surface area contributed by atoms with E-state index in [1.54, 1.807) is 0 Å². The predicted molar refractivity (Wildman–Crippen MR) is 132 cm³/mol. The van der Waals surface area contributed by atoms with Gasteiger partial charge in [0.15, 0.2) is 0 Å². The van der Waals surface area contributed by atoms with Gasteiger partial charge in [-0.05, 0) is 60.6 Å². The van der Waals surface area contributed by atoms with Crippen LogP contribution in [0.4, 0.5) is 5.69 Å². The van der Waals surface area contributed by atoms with Crippen molar-refractivity contribution in [1.82, 2.24) is 9.88 Å². The van der Waals surface area contributed by atoms with Crippen LogP contribution < -0.4 is 4.72 Å². The van der Waals surface area contributed by atoms with Gasteiger partial charge in [-0.1, -0.05) is 49.0 Å². The van der Waals surface area contributed by atoms with E-state index < -0.39 is 10.0 Å². The number of hydrogen-bond acceptors (Lipinski definition) is 4. The molecule has 4 rings (SSSR count). The molecule has 32 heavy (non-hydrogen) atoms. The average Bonchev–Trinajstić information content (AvgIpc) is 2.80. The number of aromatic nitrogens is 1. The Labute approximate surface area is 190 Å². The van der Waals surface area contributed by atoms with Gasteiger partial charge in [-0.2, -0.15) is 0 Å². The van der Waals surface area contributed by atoms with Gasteiger partial charge in [0.2, 0.25) is 10.0 Å². The van der Waals surface area contributed by atoms with E-state index in [0.29, 0.717) is 11.6 Å². The molecule has 0 aliphatic carbocycles. The predicted octanol–water partition coefficient (Wildman–Crippen LogP) is 5.28. The molecule has 2 heterocycles. The number of aryl methyl sites for hydroxylation is 1. The molecule has 6 heteroatoms. The Bertz CT molecular complexity index is 1200. The Balaban J connectivity index is 1.40. The number of likely N-dealkylation sites (tertiary alicyclic amines) is 1. The highest BCUT2D eigenvalue weighted by Gasteiger charge is 2.22. The zero-order chi connectivity index (χ0) is 22.7. The zero-order valence-electron chi connectivity index (χ0n) is 18.6. The standard InChI is InChI=1S/C26H29N3O2S/c1-19-7-8-24(18-26(19)28-32(3,30)31)20(2)29-16-13-22(14-17-29)21-9-11-23(12-10-21)25-6-4-5-15-27-25/h4-12,15,18,22,28H,2,13-14,16-17H2,1,3H3. The summed E-state index contributed by atoms with van der Waals surface area (Å²) < 4.78 is 25.9. The van der Waals surface area contributed by atoms with Crippen molar-refractivity contribution in [1.29, 1.82) is 0 Å².